The number of nitrogens with zero attached hydrogens (tertiary/aromatic N) is 1. The number of hydrogen-bond donors (Lipinski definition) is 5. The molecule has 0 saturated heterocycles. The van der Waals surface area contributed by atoms with Crippen LogP contribution in [-0.4, -0.2) is 10.2 Å². The maximum Gasteiger partial charge on any atom is 0.123 e. The molecule has 6 heteroatoms. The zero-order valence-electron chi connectivity index (χ0n) is 37.9. The molecule has 0 aliphatic carbocycles. The van der Waals surface area contributed by atoms with Crippen molar-refractivity contribution in [3.05, 3.63) is 161 Å². The number of aromatic hydroxyl groups is 2. The molecule has 60 heavy (non-hydrogen) atoms. The Morgan fingerprint density at radius 1 is 0.367 bits per heavy atom. The smallest absolute Gasteiger partial charge is 0.123 e. The van der Waals surface area contributed by atoms with Gasteiger partial charge in [-0.15, -0.1) is 0 Å². The fraction of sp³-hybridized carbons (Fsp3) is 0.333. The summed E-state index contributed by atoms with van der Waals surface area (Å²) in [6.07, 6.45) is 0. The fourth-order valence-corrected chi connectivity index (χ4v) is 7.59. The third kappa shape index (κ3) is 10.8. The lowest BCUT2D eigenvalue weighted by atomic mass is 9.78. The van der Waals surface area contributed by atoms with Gasteiger partial charge in [0.2, 0.25) is 0 Å². The van der Waals surface area contributed by atoms with Gasteiger partial charge in [-0.2, -0.15) is 0 Å². The molecular formula is C54H66N4O2. The van der Waals surface area contributed by atoms with Gasteiger partial charge in [0, 0.05) is 52.9 Å². The lowest BCUT2D eigenvalue weighted by Gasteiger charge is -2.32. The minimum absolute atomic E-state index is 0.237. The van der Waals surface area contributed by atoms with Crippen molar-refractivity contribution in [3.8, 4) is 11.5 Å². The molecule has 314 valence electrons. The van der Waals surface area contributed by atoms with Gasteiger partial charge in [0.1, 0.15) is 11.5 Å². The Bertz CT molecular complexity index is 2220. The maximum atomic E-state index is 11.5. The lowest BCUT2D eigenvalue weighted by molar-refractivity contribution is 0.422. The van der Waals surface area contributed by atoms with Crippen LogP contribution >= 0.6 is 0 Å². The quantitative estimate of drug-likeness (QED) is 0.0898. The summed E-state index contributed by atoms with van der Waals surface area (Å²) in [7, 11) is 0. The number of phenols is 2. The first-order valence-electron chi connectivity index (χ1n) is 21.2. The first kappa shape index (κ1) is 43.7. The highest BCUT2D eigenvalue weighted by molar-refractivity contribution is 5.69. The van der Waals surface area contributed by atoms with Gasteiger partial charge in [-0.1, -0.05) is 101 Å². The van der Waals surface area contributed by atoms with Crippen LogP contribution in [0.5, 0.6) is 11.5 Å². The minimum Gasteiger partial charge on any atom is -0.507 e. The molecule has 0 atom stereocenters. The molecule has 0 bridgehead atoms. The van der Waals surface area contributed by atoms with E-state index < -0.39 is 0 Å². The number of para-hydroxylation sites is 1. The summed E-state index contributed by atoms with van der Waals surface area (Å²) >= 11 is 0. The summed E-state index contributed by atoms with van der Waals surface area (Å²) in [5.41, 5.74) is 12.3. The van der Waals surface area contributed by atoms with Crippen LogP contribution in [0, 0.1) is 0 Å². The van der Waals surface area contributed by atoms with Crippen molar-refractivity contribution < 1.29 is 10.2 Å². The standard InChI is InChI=1S/C54H66N4O2/c1-51(2,3)45-30-36(31-46(49(45)59)52(4,5)6)34-58(35-37-32-47(53(7,8)9)50(60)48(33-37)54(10,11)12)44-28-26-43(27-29-44)57-42-24-22-41(23-25-42)56-40-20-18-39(19-21-40)55-38-16-14-13-15-17-38/h13-33,55-57,59-60H,34-35H2,1-12H3. The molecule has 0 spiro atoms. The summed E-state index contributed by atoms with van der Waals surface area (Å²) in [6.45, 7) is 27.2. The third-order valence-electron chi connectivity index (χ3n) is 11.0. The molecule has 0 fully saturated rings. The van der Waals surface area contributed by atoms with E-state index in [0.717, 1.165) is 73.2 Å². The van der Waals surface area contributed by atoms with Gasteiger partial charge in [-0.05, 0) is 164 Å². The number of benzene rings is 6. The van der Waals surface area contributed by atoms with Crippen molar-refractivity contribution in [2.45, 2.75) is 118 Å². The highest BCUT2D eigenvalue weighted by Crippen LogP contribution is 2.42. The van der Waals surface area contributed by atoms with Gasteiger partial charge in [0.05, 0.1) is 0 Å². The number of rotatable bonds is 11. The Hall–Kier alpha value is -5.88. The third-order valence-corrected chi connectivity index (χ3v) is 11.0. The van der Waals surface area contributed by atoms with Gasteiger partial charge in [-0.3, -0.25) is 0 Å². The van der Waals surface area contributed by atoms with Gasteiger partial charge in [0.25, 0.3) is 0 Å². The molecular weight excluding hydrogens is 737 g/mol. The van der Waals surface area contributed by atoms with E-state index >= 15 is 0 Å². The maximum absolute atomic E-state index is 11.5. The van der Waals surface area contributed by atoms with Gasteiger partial charge in [-0.25, -0.2) is 0 Å². The highest BCUT2D eigenvalue weighted by atomic mass is 16.3. The first-order chi connectivity index (χ1) is 28.0. The summed E-state index contributed by atoms with van der Waals surface area (Å²) in [5.74, 6) is 0.775. The Morgan fingerprint density at radius 3 is 0.883 bits per heavy atom. The molecule has 0 saturated carbocycles. The van der Waals surface area contributed by atoms with Crippen LogP contribution in [0.3, 0.4) is 0 Å². The van der Waals surface area contributed by atoms with Crippen LogP contribution in [0.2, 0.25) is 0 Å². The molecule has 0 heterocycles. The molecule has 5 N–H and O–H groups in total. The van der Waals surface area contributed by atoms with Crippen LogP contribution in [-0.2, 0) is 34.7 Å². The largest absolute Gasteiger partial charge is 0.507 e. The molecule has 0 aliphatic rings. The van der Waals surface area contributed by atoms with Gasteiger partial charge < -0.3 is 31.1 Å². The monoisotopic (exact) mass is 803 g/mol. The normalized spacial score (nSPS) is 12.3. The van der Waals surface area contributed by atoms with Crippen molar-refractivity contribution in [2.24, 2.45) is 0 Å². The Morgan fingerprint density at radius 2 is 0.617 bits per heavy atom. The molecule has 6 nitrogen and oxygen atoms in total. The second kappa shape index (κ2) is 17.0. The topological polar surface area (TPSA) is 79.8 Å². The first-order valence-corrected chi connectivity index (χ1v) is 21.2. The van der Waals surface area contributed by atoms with E-state index in [-0.39, 0.29) is 21.7 Å². The lowest BCUT2D eigenvalue weighted by Crippen LogP contribution is -2.25. The van der Waals surface area contributed by atoms with Crippen molar-refractivity contribution in [3.63, 3.8) is 0 Å². The van der Waals surface area contributed by atoms with E-state index in [1.54, 1.807) is 0 Å². The number of anilines is 7. The summed E-state index contributed by atoms with van der Waals surface area (Å²) in [4.78, 5) is 2.41. The molecule has 0 aliphatic heterocycles. The zero-order chi connectivity index (χ0) is 43.6. The van der Waals surface area contributed by atoms with Crippen molar-refractivity contribution in [1.29, 1.82) is 0 Å². The molecule has 0 aromatic heterocycles. The average molecular weight is 803 g/mol. The van der Waals surface area contributed by atoms with E-state index in [9.17, 15) is 10.2 Å². The molecule has 6 aromatic rings. The average Bonchev–Trinajstić information content (AvgIpc) is 3.16. The minimum atomic E-state index is -0.237. The van der Waals surface area contributed by atoms with Crippen LogP contribution < -0.4 is 20.9 Å². The van der Waals surface area contributed by atoms with Crippen molar-refractivity contribution >= 4 is 39.8 Å². The van der Waals surface area contributed by atoms with Crippen LogP contribution in [0.15, 0.2) is 127 Å². The second-order valence-electron chi connectivity index (χ2n) is 20.4. The van der Waals surface area contributed by atoms with Crippen LogP contribution in [0.25, 0.3) is 0 Å². The zero-order valence-corrected chi connectivity index (χ0v) is 37.9. The SMILES string of the molecule is CC(C)(C)c1cc(CN(Cc2cc(C(C)(C)C)c(O)c(C(C)(C)C)c2)c2ccc(Nc3ccc(Nc4ccc(Nc5ccccc5)cc4)cc3)cc2)cc(C(C)(C)C)c1O. The number of nitrogens with one attached hydrogen (secondary N) is 3. The van der Waals surface area contributed by atoms with E-state index in [1.165, 1.54) is 0 Å². The molecule has 0 unspecified atom stereocenters. The van der Waals surface area contributed by atoms with Crippen LogP contribution in [0.4, 0.5) is 39.8 Å². The summed E-state index contributed by atoms with van der Waals surface area (Å²) < 4.78 is 0. The Balaban J connectivity index is 1.26. The second-order valence-corrected chi connectivity index (χ2v) is 20.4. The predicted octanol–water partition coefficient (Wildman–Crippen LogP) is 14.7. The van der Waals surface area contributed by atoms with Crippen LogP contribution in [0.1, 0.15) is 116 Å². The van der Waals surface area contributed by atoms with E-state index in [4.69, 9.17) is 0 Å². The van der Waals surface area contributed by atoms with Gasteiger partial charge >= 0.3 is 0 Å². The van der Waals surface area contributed by atoms with Gasteiger partial charge in [0.15, 0.2) is 0 Å². The molecule has 6 rings (SSSR count). The van der Waals surface area contributed by atoms with E-state index in [2.05, 4.69) is 213 Å². The summed E-state index contributed by atoms with van der Waals surface area (Å²) in [6, 6.07) is 44.2. The summed E-state index contributed by atoms with van der Waals surface area (Å²) in [5, 5.41) is 33.6. The Kier molecular flexibility index (Phi) is 12.4. The van der Waals surface area contributed by atoms with E-state index in [1.807, 2.05) is 18.2 Å². The van der Waals surface area contributed by atoms with Crippen molar-refractivity contribution in [2.75, 3.05) is 20.9 Å². The highest BCUT2D eigenvalue weighted by Gasteiger charge is 2.29. The number of phenolic OH excluding ortho intramolecular Hbond substituents is 2. The molecule has 0 amide bonds. The fourth-order valence-electron chi connectivity index (χ4n) is 7.59. The van der Waals surface area contributed by atoms with E-state index in [0.29, 0.717) is 24.6 Å². The van der Waals surface area contributed by atoms with Crippen molar-refractivity contribution in [1.82, 2.24) is 0 Å². The molecule has 0 radical (unpaired) electrons. The molecule has 6 aromatic carbocycles. The predicted molar refractivity (Wildman–Crippen MR) is 257 cm³/mol. The Labute approximate surface area is 359 Å². The number of hydrogen-bond acceptors (Lipinski definition) is 6.